The molecule has 5 rings (SSSR count). The highest BCUT2D eigenvalue weighted by atomic mass is 16.4. The van der Waals surface area contributed by atoms with Crippen LogP contribution in [0, 0.1) is 5.92 Å². The molecule has 0 amide bonds. The minimum atomic E-state index is -0.738. The van der Waals surface area contributed by atoms with Crippen LogP contribution in [-0.2, 0) is 17.6 Å². The van der Waals surface area contributed by atoms with Gasteiger partial charge in [-0.3, -0.25) is 14.7 Å². The van der Waals surface area contributed by atoms with Gasteiger partial charge in [-0.25, -0.2) is 4.98 Å². The molecule has 2 aromatic heterocycles. The molecule has 4 heterocycles. The SMILES string of the molecule is O=C(O)[C@H](c1cccnc1C1CC1)N1CC[C@@H](CCCCCc2ccc3c(n2)NCCC3)C1. The Morgan fingerprint density at radius 2 is 2.09 bits per heavy atom. The number of unbranched alkanes of at least 4 members (excludes halogenated alkanes) is 2. The predicted octanol–water partition coefficient (Wildman–Crippen LogP) is 4.96. The van der Waals surface area contributed by atoms with E-state index in [9.17, 15) is 9.90 Å². The maximum absolute atomic E-state index is 12.2. The second kappa shape index (κ2) is 10.2. The lowest BCUT2D eigenvalue weighted by Crippen LogP contribution is -2.33. The standard InChI is InChI=1S/C27H36N4O2/c32-27(33)25(23-9-5-15-28-24(23)20-10-11-20)31-17-14-19(18-31)6-2-1-3-8-22-13-12-21-7-4-16-29-26(21)30-22/h5,9,12-13,15,19-20,25H,1-4,6-8,10-11,14,16-18H2,(H,29,30)(H,32,33)/t19-,25+/m1/s1. The fourth-order valence-electron chi connectivity index (χ4n) is 5.60. The number of aryl methyl sites for hydroxylation is 2. The number of aromatic nitrogens is 2. The van der Waals surface area contributed by atoms with Crippen molar-refractivity contribution in [2.24, 2.45) is 5.92 Å². The molecule has 1 saturated heterocycles. The third kappa shape index (κ3) is 5.37. The molecule has 2 atom stereocenters. The van der Waals surface area contributed by atoms with Gasteiger partial charge in [0.25, 0.3) is 0 Å². The van der Waals surface area contributed by atoms with Crippen LogP contribution in [0.4, 0.5) is 5.82 Å². The van der Waals surface area contributed by atoms with Gasteiger partial charge in [0, 0.05) is 42.2 Å². The minimum Gasteiger partial charge on any atom is -0.480 e. The number of pyridine rings is 2. The van der Waals surface area contributed by atoms with Gasteiger partial charge in [0.1, 0.15) is 11.9 Å². The summed E-state index contributed by atoms with van der Waals surface area (Å²) in [5.41, 5.74) is 4.48. The van der Waals surface area contributed by atoms with Crippen LogP contribution in [0.1, 0.15) is 85.8 Å². The summed E-state index contributed by atoms with van der Waals surface area (Å²) in [5.74, 6) is 1.41. The Hall–Kier alpha value is -2.47. The molecule has 2 fully saturated rings. The van der Waals surface area contributed by atoms with E-state index >= 15 is 0 Å². The van der Waals surface area contributed by atoms with Crippen molar-refractivity contribution in [3.8, 4) is 0 Å². The lowest BCUT2D eigenvalue weighted by atomic mass is 9.99. The van der Waals surface area contributed by atoms with Crippen LogP contribution in [0.5, 0.6) is 0 Å². The zero-order valence-electron chi connectivity index (χ0n) is 19.5. The highest BCUT2D eigenvalue weighted by Gasteiger charge is 2.37. The summed E-state index contributed by atoms with van der Waals surface area (Å²) in [6.45, 7) is 2.79. The molecule has 1 saturated carbocycles. The third-order valence-corrected chi connectivity index (χ3v) is 7.54. The molecule has 0 bridgehead atoms. The first-order chi connectivity index (χ1) is 16.2. The number of carboxylic acids is 1. The van der Waals surface area contributed by atoms with Gasteiger partial charge < -0.3 is 10.4 Å². The van der Waals surface area contributed by atoms with E-state index in [1.807, 2.05) is 12.1 Å². The van der Waals surface area contributed by atoms with Crippen LogP contribution in [0.15, 0.2) is 30.5 Å². The Bertz CT molecular complexity index is 974. The number of carbonyl (C=O) groups is 1. The molecule has 1 aliphatic carbocycles. The van der Waals surface area contributed by atoms with Gasteiger partial charge in [0.2, 0.25) is 0 Å². The lowest BCUT2D eigenvalue weighted by molar-refractivity contribution is -0.143. The maximum atomic E-state index is 12.2. The van der Waals surface area contributed by atoms with Crippen molar-refractivity contribution in [2.75, 3.05) is 25.0 Å². The van der Waals surface area contributed by atoms with Crippen molar-refractivity contribution >= 4 is 11.8 Å². The van der Waals surface area contributed by atoms with Crippen LogP contribution in [-0.4, -0.2) is 45.6 Å². The van der Waals surface area contributed by atoms with Crippen molar-refractivity contribution in [1.82, 2.24) is 14.9 Å². The summed E-state index contributed by atoms with van der Waals surface area (Å²) < 4.78 is 0. The molecule has 0 aromatic carbocycles. The van der Waals surface area contributed by atoms with E-state index in [1.165, 1.54) is 43.4 Å². The maximum Gasteiger partial charge on any atom is 0.325 e. The fraction of sp³-hybridized carbons (Fsp3) is 0.593. The summed E-state index contributed by atoms with van der Waals surface area (Å²) in [6, 6.07) is 7.76. The molecule has 176 valence electrons. The molecular formula is C27H36N4O2. The van der Waals surface area contributed by atoms with Crippen molar-refractivity contribution in [2.45, 2.75) is 76.2 Å². The molecular weight excluding hydrogens is 412 g/mol. The molecule has 2 aromatic rings. The Morgan fingerprint density at radius 3 is 2.94 bits per heavy atom. The number of nitrogens with zero attached hydrogens (tertiary/aromatic N) is 3. The van der Waals surface area contributed by atoms with Crippen LogP contribution in [0.3, 0.4) is 0 Å². The second-order valence-electron chi connectivity index (χ2n) is 10.1. The zero-order chi connectivity index (χ0) is 22.6. The van der Waals surface area contributed by atoms with E-state index in [0.717, 1.165) is 68.8 Å². The van der Waals surface area contributed by atoms with Gasteiger partial charge >= 0.3 is 5.97 Å². The molecule has 2 N–H and O–H groups in total. The van der Waals surface area contributed by atoms with Crippen molar-refractivity contribution in [3.63, 3.8) is 0 Å². The smallest absolute Gasteiger partial charge is 0.325 e. The topological polar surface area (TPSA) is 78.3 Å². The number of hydrogen-bond acceptors (Lipinski definition) is 5. The Labute approximate surface area is 196 Å². The average molecular weight is 449 g/mol. The third-order valence-electron chi connectivity index (χ3n) is 7.54. The van der Waals surface area contributed by atoms with E-state index in [0.29, 0.717) is 11.8 Å². The Kier molecular flexibility index (Phi) is 6.91. The summed E-state index contributed by atoms with van der Waals surface area (Å²) in [6.07, 6.45) is 13.3. The van der Waals surface area contributed by atoms with Crippen LogP contribution >= 0.6 is 0 Å². The second-order valence-corrected chi connectivity index (χ2v) is 10.1. The van der Waals surface area contributed by atoms with Gasteiger partial charge in [0.15, 0.2) is 0 Å². The number of fused-ring (bicyclic) bond motifs is 1. The minimum absolute atomic E-state index is 0.460. The Balaban J connectivity index is 1.08. The van der Waals surface area contributed by atoms with Crippen molar-refractivity contribution in [3.05, 3.63) is 53.0 Å². The fourth-order valence-corrected chi connectivity index (χ4v) is 5.60. The summed E-state index contributed by atoms with van der Waals surface area (Å²) in [5, 5.41) is 13.5. The van der Waals surface area contributed by atoms with Crippen LogP contribution < -0.4 is 5.32 Å². The molecule has 0 unspecified atom stereocenters. The number of aliphatic carboxylic acids is 1. The largest absolute Gasteiger partial charge is 0.480 e. The van der Waals surface area contributed by atoms with Crippen LogP contribution in [0.25, 0.3) is 0 Å². The number of anilines is 1. The molecule has 6 nitrogen and oxygen atoms in total. The van der Waals surface area contributed by atoms with Gasteiger partial charge in [-0.05, 0) is 81.5 Å². The van der Waals surface area contributed by atoms with Gasteiger partial charge in [-0.2, -0.15) is 0 Å². The van der Waals surface area contributed by atoms with E-state index in [2.05, 4.69) is 27.3 Å². The van der Waals surface area contributed by atoms with Crippen molar-refractivity contribution < 1.29 is 9.90 Å². The van der Waals surface area contributed by atoms with E-state index < -0.39 is 12.0 Å². The van der Waals surface area contributed by atoms with E-state index in [1.54, 1.807) is 6.20 Å². The number of likely N-dealkylation sites (tertiary alicyclic amines) is 1. The first kappa shape index (κ1) is 22.3. The van der Waals surface area contributed by atoms with Crippen LogP contribution in [0.2, 0.25) is 0 Å². The van der Waals surface area contributed by atoms with E-state index in [-0.39, 0.29) is 0 Å². The van der Waals surface area contributed by atoms with Gasteiger partial charge in [0.05, 0.1) is 0 Å². The predicted molar refractivity (Wildman–Crippen MR) is 129 cm³/mol. The first-order valence-corrected chi connectivity index (χ1v) is 12.8. The van der Waals surface area contributed by atoms with Gasteiger partial charge in [-0.15, -0.1) is 0 Å². The highest BCUT2D eigenvalue weighted by Crippen LogP contribution is 2.43. The normalized spacial score (nSPS) is 21.4. The molecule has 6 heteroatoms. The molecule has 3 aliphatic rings. The molecule has 0 spiro atoms. The van der Waals surface area contributed by atoms with E-state index in [4.69, 9.17) is 4.98 Å². The monoisotopic (exact) mass is 448 g/mol. The summed E-state index contributed by atoms with van der Waals surface area (Å²) >= 11 is 0. The zero-order valence-corrected chi connectivity index (χ0v) is 19.5. The van der Waals surface area contributed by atoms with Gasteiger partial charge in [-0.1, -0.05) is 25.0 Å². The number of rotatable bonds is 10. The first-order valence-electron chi connectivity index (χ1n) is 12.8. The Morgan fingerprint density at radius 1 is 1.18 bits per heavy atom. The average Bonchev–Trinajstić information content (AvgIpc) is 3.58. The number of hydrogen-bond donors (Lipinski definition) is 2. The lowest BCUT2D eigenvalue weighted by Gasteiger charge is -2.26. The highest BCUT2D eigenvalue weighted by molar-refractivity contribution is 5.76. The number of nitrogens with one attached hydrogen (secondary N) is 1. The molecule has 2 aliphatic heterocycles. The summed E-state index contributed by atoms with van der Waals surface area (Å²) in [7, 11) is 0. The molecule has 0 radical (unpaired) electrons. The van der Waals surface area contributed by atoms with Crippen molar-refractivity contribution in [1.29, 1.82) is 0 Å². The number of carboxylic acid groups (broad SMARTS) is 1. The quantitative estimate of drug-likeness (QED) is 0.500. The molecule has 33 heavy (non-hydrogen) atoms. The summed E-state index contributed by atoms with van der Waals surface area (Å²) in [4.78, 5) is 23.8.